The number of methoxy groups -OCH3 is 1. The van der Waals surface area contributed by atoms with Crippen LogP contribution in [-0.4, -0.2) is 24.2 Å². The Kier molecular flexibility index (Phi) is 3.95. The number of carboxylic acid groups (broad SMARTS) is 1. The van der Waals surface area contributed by atoms with E-state index in [-0.39, 0.29) is 12.0 Å². The molecule has 11 heavy (non-hydrogen) atoms. The molecule has 0 atom stereocenters. The van der Waals surface area contributed by atoms with Crippen LogP contribution in [0.1, 0.15) is 13.3 Å². The van der Waals surface area contributed by atoms with Crippen LogP contribution >= 0.6 is 0 Å². The Morgan fingerprint density at radius 2 is 2.09 bits per heavy atom. The predicted molar refractivity (Wildman–Crippen MR) is 38.0 cm³/mol. The molecule has 0 aliphatic heterocycles. The summed E-state index contributed by atoms with van der Waals surface area (Å²) in [5.41, 5.74) is 0.167. The molecule has 0 bridgehead atoms. The Labute approximate surface area is 64.5 Å². The van der Waals surface area contributed by atoms with E-state index < -0.39 is 11.9 Å². The van der Waals surface area contributed by atoms with Gasteiger partial charge in [0.05, 0.1) is 13.5 Å². The molecular weight excluding hydrogens is 148 g/mol. The molecule has 0 amide bonds. The summed E-state index contributed by atoms with van der Waals surface area (Å²) in [5.74, 6) is -1.63. The lowest BCUT2D eigenvalue weighted by Gasteiger charge is -1.99. The highest BCUT2D eigenvalue weighted by atomic mass is 16.5. The Morgan fingerprint density at radius 3 is 2.36 bits per heavy atom. The molecule has 0 saturated carbocycles. The molecule has 4 heteroatoms. The van der Waals surface area contributed by atoms with Gasteiger partial charge in [-0.1, -0.05) is 6.08 Å². The van der Waals surface area contributed by atoms with Crippen LogP contribution in [0, 0.1) is 0 Å². The number of hydrogen-bond acceptors (Lipinski definition) is 3. The van der Waals surface area contributed by atoms with Crippen molar-refractivity contribution in [3.8, 4) is 0 Å². The zero-order valence-corrected chi connectivity index (χ0v) is 6.46. The predicted octanol–water partition coefficient (Wildman–Crippen LogP) is 0.580. The number of carboxylic acids is 1. The fourth-order valence-electron chi connectivity index (χ4n) is 0.586. The minimum Gasteiger partial charge on any atom is -0.481 e. The van der Waals surface area contributed by atoms with Crippen molar-refractivity contribution in [3.05, 3.63) is 11.6 Å². The van der Waals surface area contributed by atoms with Crippen molar-refractivity contribution in [3.63, 3.8) is 0 Å². The lowest BCUT2D eigenvalue weighted by Crippen LogP contribution is -2.08. The molecule has 62 valence electrons. The summed E-state index contributed by atoms with van der Waals surface area (Å²) < 4.78 is 4.33. The number of hydrogen-bond donors (Lipinski definition) is 1. The first-order valence-corrected chi connectivity index (χ1v) is 3.07. The van der Waals surface area contributed by atoms with E-state index in [4.69, 9.17) is 5.11 Å². The molecule has 0 aliphatic rings. The first-order valence-electron chi connectivity index (χ1n) is 3.07. The fourth-order valence-corrected chi connectivity index (χ4v) is 0.586. The summed E-state index contributed by atoms with van der Waals surface area (Å²) in [6, 6.07) is 0. The third-order valence-corrected chi connectivity index (χ3v) is 1.14. The van der Waals surface area contributed by atoms with Gasteiger partial charge in [-0.2, -0.15) is 0 Å². The number of carbonyl (C=O) groups excluding carboxylic acids is 1. The molecule has 0 saturated heterocycles. The van der Waals surface area contributed by atoms with Crippen molar-refractivity contribution >= 4 is 11.9 Å². The number of rotatable bonds is 3. The van der Waals surface area contributed by atoms with Crippen LogP contribution in [-0.2, 0) is 14.3 Å². The standard InChI is InChI=1S/C7H10O4/c1-3-5(4-6(8)9)7(10)11-2/h3H,4H2,1-2H3,(H,8,9)/b5-3-. The largest absolute Gasteiger partial charge is 0.481 e. The van der Waals surface area contributed by atoms with Crippen molar-refractivity contribution in [2.45, 2.75) is 13.3 Å². The first-order chi connectivity index (χ1) is 5.11. The van der Waals surface area contributed by atoms with E-state index in [0.29, 0.717) is 0 Å². The third kappa shape index (κ3) is 3.40. The molecule has 0 rings (SSSR count). The van der Waals surface area contributed by atoms with Crippen LogP contribution < -0.4 is 0 Å². The second kappa shape index (κ2) is 4.49. The van der Waals surface area contributed by atoms with E-state index in [1.807, 2.05) is 0 Å². The number of carbonyl (C=O) groups is 2. The number of esters is 1. The number of aliphatic carboxylic acids is 1. The molecule has 0 aromatic rings. The van der Waals surface area contributed by atoms with Gasteiger partial charge in [-0.05, 0) is 6.92 Å². The highest BCUT2D eigenvalue weighted by Gasteiger charge is 2.11. The van der Waals surface area contributed by atoms with Gasteiger partial charge in [0.25, 0.3) is 0 Å². The summed E-state index contributed by atoms with van der Waals surface area (Å²) in [6.45, 7) is 1.59. The van der Waals surface area contributed by atoms with Crippen LogP contribution in [0.15, 0.2) is 11.6 Å². The van der Waals surface area contributed by atoms with E-state index in [1.165, 1.54) is 13.2 Å². The smallest absolute Gasteiger partial charge is 0.333 e. The summed E-state index contributed by atoms with van der Waals surface area (Å²) in [5, 5.41) is 8.31. The highest BCUT2D eigenvalue weighted by molar-refractivity contribution is 5.93. The second-order valence-corrected chi connectivity index (χ2v) is 1.88. The molecular formula is C7H10O4. The van der Waals surface area contributed by atoms with Gasteiger partial charge in [0.15, 0.2) is 0 Å². The molecule has 0 aromatic carbocycles. The number of ether oxygens (including phenoxy) is 1. The topological polar surface area (TPSA) is 63.6 Å². The van der Waals surface area contributed by atoms with E-state index in [9.17, 15) is 9.59 Å². The van der Waals surface area contributed by atoms with Gasteiger partial charge in [-0.3, -0.25) is 4.79 Å². The lowest BCUT2D eigenvalue weighted by atomic mass is 10.2. The molecule has 0 aliphatic carbocycles. The zero-order chi connectivity index (χ0) is 8.85. The Morgan fingerprint density at radius 1 is 1.55 bits per heavy atom. The average molecular weight is 158 g/mol. The van der Waals surface area contributed by atoms with Crippen molar-refractivity contribution in [2.75, 3.05) is 7.11 Å². The molecule has 0 spiro atoms. The van der Waals surface area contributed by atoms with Crippen LogP contribution in [0.4, 0.5) is 0 Å². The van der Waals surface area contributed by atoms with Gasteiger partial charge in [0.1, 0.15) is 0 Å². The molecule has 0 radical (unpaired) electrons. The first kappa shape index (κ1) is 9.68. The Bertz CT molecular complexity index is 193. The Balaban J connectivity index is 4.20. The van der Waals surface area contributed by atoms with E-state index >= 15 is 0 Å². The lowest BCUT2D eigenvalue weighted by molar-refractivity contribution is -0.141. The zero-order valence-electron chi connectivity index (χ0n) is 6.46. The van der Waals surface area contributed by atoms with Crippen LogP contribution in [0.3, 0.4) is 0 Å². The van der Waals surface area contributed by atoms with Gasteiger partial charge in [0.2, 0.25) is 0 Å². The highest BCUT2D eigenvalue weighted by Crippen LogP contribution is 2.02. The quantitative estimate of drug-likeness (QED) is 0.482. The van der Waals surface area contributed by atoms with Crippen LogP contribution in [0.2, 0.25) is 0 Å². The average Bonchev–Trinajstić information content (AvgIpc) is 1.98. The van der Waals surface area contributed by atoms with Gasteiger partial charge in [-0.25, -0.2) is 4.79 Å². The van der Waals surface area contributed by atoms with Crippen molar-refractivity contribution in [2.24, 2.45) is 0 Å². The van der Waals surface area contributed by atoms with Gasteiger partial charge in [0, 0.05) is 5.57 Å². The maximum atomic E-state index is 10.7. The molecule has 0 aromatic heterocycles. The van der Waals surface area contributed by atoms with Gasteiger partial charge < -0.3 is 9.84 Å². The van der Waals surface area contributed by atoms with Crippen molar-refractivity contribution in [1.29, 1.82) is 0 Å². The summed E-state index contributed by atoms with van der Waals surface area (Å²) >= 11 is 0. The molecule has 0 heterocycles. The minimum absolute atomic E-state index is 0.167. The molecule has 1 N–H and O–H groups in total. The summed E-state index contributed by atoms with van der Waals surface area (Å²) in [6.07, 6.45) is 1.14. The van der Waals surface area contributed by atoms with Crippen LogP contribution in [0.25, 0.3) is 0 Å². The van der Waals surface area contributed by atoms with E-state index in [2.05, 4.69) is 4.74 Å². The van der Waals surface area contributed by atoms with E-state index in [0.717, 1.165) is 0 Å². The maximum absolute atomic E-state index is 10.7. The summed E-state index contributed by atoms with van der Waals surface area (Å²) in [7, 11) is 1.22. The number of allylic oxidation sites excluding steroid dienone is 1. The second-order valence-electron chi connectivity index (χ2n) is 1.88. The van der Waals surface area contributed by atoms with Gasteiger partial charge >= 0.3 is 11.9 Å². The van der Waals surface area contributed by atoms with E-state index in [1.54, 1.807) is 6.92 Å². The normalized spacial score (nSPS) is 10.9. The van der Waals surface area contributed by atoms with Crippen molar-refractivity contribution < 1.29 is 19.4 Å². The summed E-state index contributed by atoms with van der Waals surface area (Å²) in [4.78, 5) is 20.9. The Hall–Kier alpha value is -1.32. The fraction of sp³-hybridized carbons (Fsp3) is 0.429. The molecule has 0 unspecified atom stereocenters. The maximum Gasteiger partial charge on any atom is 0.333 e. The SMILES string of the molecule is C/C=C(/CC(=O)O)C(=O)OC. The monoisotopic (exact) mass is 158 g/mol. The molecule has 0 fully saturated rings. The molecule has 4 nitrogen and oxygen atoms in total. The third-order valence-electron chi connectivity index (χ3n) is 1.14. The minimum atomic E-state index is -1.04. The van der Waals surface area contributed by atoms with Crippen LogP contribution in [0.5, 0.6) is 0 Å². The van der Waals surface area contributed by atoms with Gasteiger partial charge in [-0.15, -0.1) is 0 Å². The van der Waals surface area contributed by atoms with Crippen molar-refractivity contribution in [1.82, 2.24) is 0 Å².